The van der Waals surface area contributed by atoms with Gasteiger partial charge >= 0.3 is 17.1 Å². The monoisotopic (exact) mass is 275 g/mol. The van der Waals surface area contributed by atoms with Crippen molar-refractivity contribution in [1.82, 2.24) is 0 Å². The second kappa shape index (κ2) is 6.57. The van der Waals surface area contributed by atoms with Crippen LogP contribution in [0.25, 0.3) is 0 Å². The van der Waals surface area contributed by atoms with Crippen molar-refractivity contribution in [1.29, 1.82) is 0 Å². The van der Waals surface area contributed by atoms with E-state index in [-0.39, 0.29) is 29.2 Å². The summed E-state index contributed by atoms with van der Waals surface area (Å²) in [5.74, 6) is 0. The van der Waals surface area contributed by atoms with Gasteiger partial charge in [-0.15, -0.1) is 0 Å². The first-order valence-corrected chi connectivity index (χ1v) is 5.40. The van der Waals surface area contributed by atoms with Gasteiger partial charge in [0.2, 0.25) is 0 Å². The van der Waals surface area contributed by atoms with Crippen LogP contribution >= 0.6 is 0 Å². The van der Waals surface area contributed by atoms with E-state index in [0.717, 1.165) is 11.1 Å². The number of rotatable bonds is 3. The summed E-state index contributed by atoms with van der Waals surface area (Å²) in [5, 5.41) is 0. The van der Waals surface area contributed by atoms with Crippen molar-refractivity contribution < 1.29 is 17.1 Å². The minimum atomic E-state index is -0.163. The molecule has 0 amide bonds. The summed E-state index contributed by atoms with van der Waals surface area (Å²) in [6.45, 7) is 0. The molecule has 0 bridgehead atoms. The fourth-order valence-electron chi connectivity index (χ4n) is 1.77. The third-order valence-corrected chi connectivity index (χ3v) is 2.76. The Morgan fingerprint density at radius 2 is 0.882 bits per heavy atom. The fourth-order valence-corrected chi connectivity index (χ4v) is 1.77. The van der Waals surface area contributed by atoms with Gasteiger partial charge in [-0.1, -0.05) is 60.7 Å². The Balaban J connectivity index is 0.00000144. The molecule has 2 unspecified atom stereocenters. The van der Waals surface area contributed by atoms with Crippen LogP contribution in [0, 0.1) is 0 Å². The molecule has 0 aliphatic rings. The van der Waals surface area contributed by atoms with Gasteiger partial charge in [0.1, 0.15) is 0 Å². The number of benzene rings is 2. The molecule has 2 aromatic rings. The molecule has 0 spiro atoms. The third-order valence-electron chi connectivity index (χ3n) is 2.76. The molecule has 1 radical (unpaired) electrons. The molecule has 0 aliphatic carbocycles. The van der Waals surface area contributed by atoms with E-state index in [1.165, 1.54) is 0 Å². The molecule has 0 aliphatic heterocycles. The third kappa shape index (κ3) is 3.42. The first kappa shape index (κ1) is 13.9. The maximum Gasteiger partial charge on any atom is 2.00 e. The first-order valence-electron chi connectivity index (χ1n) is 5.40. The predicted molar refractivity (Wildman–Crippen MR) is 66.7 cm³/mol. The maximum absolute atomic E-state index is 6.15. The standard InChI is InChI=1S/C14H16N2.Cu/c15-13(11-7-3-1-4-8-11)14(16)12-9-5-2-6-10-12;/h1-10,13-14H,15-16H2;/q;+2. The zero-order valence-electron chi connectivity index (χ0n) is 9.38. The van der Waals surface area contributed by atoms with Gasteiger partial charge in [0.15, 0.2) is 0 Å². The summed E-state index contributed by atoms with van der Waals surface area (Å²) in [4.78, 5) is 0. The average Bonchev–Trinajstić information content (AvgIpc) is 2.39. The van der Waals surface area contributed by atoms with Crippen LogP contribution in [0.15, 0.2) is 60.7 Å². The van der Waals surface area contributed by atoms with Gasteiger partial charge in [-0.2, -0.15) is 0 Å². The molecule has 0 heterocycles. The van der Waals surface area contributed by atoms with Gasteiger partial charge < -0.3 is 11.5 Å². The van der Waals surface area contributed by atoms with Crippen molar-refractivity contribution in [3.8, 4) is 0 Å². The summed E-state index contributed by atoms with van der Waals surface area (Å²) in [6.07, 6.45) is 0. The Labute approximate surface area is 112 Å². The van der Waals surface area contributed by atoms with Gasteiger partial charge in [-0.25, -0.2) is 0 Å². The van der Waals surface area contributed by atoms with Crippen LogP contribution in [0.5, 0.6) is 0 Å². The summed E-state index contributed by atoms with van der Waals surface area (Å²) < 4.78 is 0. The van der Waals surface area contributed by atoms with Crippen molar-refractivity contribution in [2.45, 2.75) is 12.1 Å². The molecule has 91 valence electrons. The van der Waals surface area contributed by atoms with E-state index in [9.17, 15) is 0 Å². The second-order valence-corrected chi connectivity index (χ2v) is 3.87. The van der Waals surface area contributed by atoms with Crippen molar-refractivity contribution in [2.24, 2.45) is 11.5 Å². The van der Waals surface area contributed by atoms with E-state index in [1.807, 2.05) is 60.7 Å². The normalized spacial score (nSPS) is 13.5. The van der Waals surface area contributed by atoms with E-state index in [2.05, 4.69) is 0 Å². The molecular weight excluding hydrogens is 260 g/mol. The predicted octanol–water partition coefficient (Wildman–Crippen LogP) is 2.38. The number of hydrogen-bond acceptors (Lipinski definition) is 2. The average molecular weight is 276 g/mol. The number of nitrogens with two attached hydrogens (primary N) is 2. The Kier molecular flexibility index (Phi) is 5.39. The van der Waals surface area contributed by atoms with Gasteiger partial charge in [0.05, 0.1) is 0 Å². The molecule has 2 atom stereocenters. The Bertz CT molecular complexity index is 387. The van der Waals surface area contributed by atoms with E-state index in [4.69, 9.17) is 11.5 Å². The molecule has 4 N–H and O–H groups in total. The van der Waals surface area contributed by atoms with Crippen LogP contribution in [-0.4, -0.2) is 0 Å². The quantitative estimate of drug-likeness (QED) is 0.845. The first-order chi connectivity index (χ1) is 7.79. The Morgan fingerprint density at radius 1 is 0.588 bits per heavy atom. The smallest absolute Gasteiger partial charge is 0.322 e. The Morgan fingerprint density at radius 3 is 1.18 bits per heavy atom. The van der Waals surface area contributed by atoms with E-state index in [1.54, 1.807) is 0 Å². The van der Waals surface area contributed by atoms with Crippen LogP contribution in [0.2, 0.25) is 0 Å². The van der Waals surface area contributed by atoms with Gasteiger partial charge in [-0.3, -0.25) is 0 Å². The maximum atomic E-state index is 6.15. The zero-order chi connectivity index (χ0) is 11.4. The van der Waals surface area contributed by atoms with Crippen LogP contribution in [0.3, 0.4) is 0 Å². The van der Waals surface area contributed by atoms with Crippen molar-refractivity contribution in [3.05, 3.63) is 71.8 Å². The summed E-state index contributed by atoms with van der Waals surface area (Å²) in [6, 6.07) is 19.6. The van der Waals surface area contributed by atoms with Crippen LogP contribution in [-0.2, 0) is 17.1 Å². The van der Waals surface area contributed by atoms with Gasteiger partial charge in [-0.05, 0) is 11.1 Å². The van der Waals surface area contributed by atoms with Gasteiger partial charge in [0, 0.05) is 12.1 Å². The molecule has 0 fully saturated rings. The van der Waals surface area contributed by atoms with Crippen molar-refractivity contribution in [3.63, 3.8) is 0 Å². The summed E-state index contributed by atoms with van der Waals surface area (Å²) in [5.41, 5.74) is 14.4. The number of hydrogen-bond donors (Lipinski definition) is 2. The van der Waals surface area contributed by atoms with E-state index >= 15 is 0 Å². The minimum absolute atomic E-state index is 0. The fraction of sp³-hybridized carbons (Fsp3) is 0.143. The topological polar surface area (TPSA) is 52.0 Å². The zero-order valence-corrected chi connectivity index (χ0v) is 10.3. The molecule has 0 aromatic heterocycles. The molecular formula is C14H16CuN2+2. The Hall–Kier alpha value is -1.12. The minimum Gasteiger partial charge on any atom is -0.322 e. The van der Waals surface area contributed by atoms with E-state index < -0.39 is 0 Å². The molecule has 17 heavy (non-hydrogen) atoms. The van der Waals surface area contributed by atoms with Crippen LogP contribution in [0.1, 0.15) is 23.2 Å². The molecule has 2 rings (SSSR count). The molecule has 2 aromatic carbocycles. The second-order valence-electron chi connectivity index (χ2n) is 3.87. The summed E-state index contributed by atoms with van der Waals surface area (Å²) in [7, 11) is 0. The van der Waals surface area contributed by atoms with Crippen molar-refractivity contribution >= 4 is 0 Å². The largest absolute Gasteiger partial charge is 2.00 e. The van der Waals surface area contributed by atoms with E-state index in [0.29, 0.717) is 0 Å². The van der Waals surface area contributed by atoms with Crippen LogP contribution in [0.4, 0.5) is 0 Å². The van der Waals surface area contributed by atoms with Gasteiger partial charge in [0.25, 0.3) is 0 Å². The molecule has 0 saturated heterocycles. The van der Waals surface area contributed by atoms with Crippen molar-refractivity contribution in [2.75, 3.05) is 0 Å². The molecule has 0 saturated carbocycles. The SMILES string of the molecule is NC(c1ccccc1)C(N)c1ccccc1.[Cu+2]. The molecule has 2 nitrogen and oxygen atoms in total. The summed E-state index contributed by atoms with van der Waals surface area (Å²) >= 11 is 0. The molecule has 3 heteroatoms. The van der Waals surface area contributed by atoms with Crippen LogP contribution < -0.4 is 11.5 Å².